The average molecular weight is 466 g/mol. The summed E-state index contributed by atoms with van der Waals surface area (Å²) in [5, 5.41) is 14.9. The second-order valence-electron chi connectivity index (χ2n) is 6.87. The summed E-state index contributed by atoms with van der Waals surface area (Å²) < 4.78 is 1.22. The van der Waals surface area contributed by atoms with Crippen LogP contribution in [0, 0.1) is 6.92 Å². The minimum absolute atomic E-state index is 0.280. The third-order valence-corrected chi connectivity index (χ3v) is 6.12. The summed E-state index contributed by atoms with van der Waals surface area (Å²) in [5.41, 5.74) is 5.25. The van der Waals surface area contributed by atoms with Crippen molar-refractivity contribution in [2.24, 2.45) is 0 Å². The molecule has 0 aliphatic rings. The molecule has 5 rings (SSSR count). The van der Waals surface area contributed by atoms with Gasteiger partial charge in [0.05, 0.1) is 10.0 Å². The van der Waals surface area contributed by atoms with E-state index in [-0.39, 0.29) is 5.52 Å². The Bertz CT molecular complexity index is 1480. The highest BCUT2D eigenvalue weighted by atomic mass is 35.5. The molecule has 0 fully saturated rings. The molecule has 0 N–H and O–H groups in total. The molecule has 5 aromatic rings. The number of aryl methyl sites for hydroxylation is 1. The fourth-order valence-corrected chi connectivity index (χ4v) is 4.56. The molecule has 6 nitrogen and oxygen atoms in total. The number of nitrogens with zero attached hydrogens (tertiary/aromatic N) is 5. The van der Waals surface area contributed by atoms with Crippen LogP contribution in [0.3, 0.4) is 0 Å². The van der Waals surface area contributed by atoms with E-state index in [1.165, 1.54) is 16.0 Å². The minimum Gasteiger partial charge on any atom is -0.265 e. The molecule has 3 aromatic heterocycles. The van der Waals surface area contributed by atoms with Gasteiger partial charge in [0.25, 0.3) is 5.56 Å². The topological polar surface area (TPSA) is 73.6 Å². The van der Waals surface area contributed by atoms with Crippen LogP contribution in [0.2, 0.25) is 10.0 Å². The molecule has 0 amide bonds. The SMILES string of the molecule is Cc1cc(-c2nncs2)cc(-c2nn(-c3c(Cl)cccc3Cl)c(=O)c3ncccc23)c1. The molecule has 0 spiro atoms. The zero-order valence-electron chi connectivity index (χ0n) is 16.1. The van der Waals surface area contributed by atoms with Crippen molar-refractivity contribution in [1.82, 2.24) is 25.0 Å². The molecule has 0 atom stereocenters. The van der Waals surface area contributed by atoms with Crippen molar-refractivity contribution in [1.29, 1.82) is 0 Å². The monoisotopic (exact) mass is 465 g/mol. The van der Waals surface area contributed by atoms with Crippen LogP contribution < -0.4 is 5.56 Å². The number of fused-ring (bicyclic) bond motifs is 1. The van der Waals surface area contributed by atoms with Gasteiger partial charge in [-0.25, -0.2) is 0 Å². The predicted octanol–water partition coefficient (Wildman–Crippen LogP) is 5.58. The first-order valence-electron chi connectivity index (χ1n) is 9.24. The number of rotatable bonds is 3. The Hall–Kier alpha value is -3.13. The molecule has 31 heavy (non-hydrogen) atoms. The van der Waals surface area contributed by atoms with E-state index in [2.05, 4.69) is 20.3 Å². The van der Waals surface area contributed by atoms with E-state index < -0.39 is 5.56 Å². The number of hydrogen-bond donors (Lipinski definition) is 0. The first-order chi connectivity index (χ1) is 15.0. The summed E-state index contributed by atoms with van der Waals surface area (Å²) in [4.78, 5) is 17.6. The normalized spacial score (nSPS) is 11.2. The smallest absolute Gasteiger partial charge is 0.265 e. The zero-order valence-corrected chi connectivity index (χ0v) is 18.4. The number of benzene rings is 2. The summed E-state index contributed by atoms with van der Waals surface area (Å²) in [6.07, 6.45) is 1.58. The highest BCUT2D eigenvalue weighted by Gasteiger charge is 2.18. The Morgan fingerprint density at radius 2 is 1.77 bits per heavy atom. The molecule has 0 aliphatic heterocycles. The lowest BCUT2D eigenvalue weighted by atomic mass is 10.0. The zero-order chi connectivity index (χ0) is 21.5. The van der Waals surface area contributed by atoms with Gasteiger partial charge in [-0.3, -0.25) is 9.78 Å². The van der Waals surface area contributed by atoms with Crippen LogP contribution in [0.4, 0.5) is 0 Å². The van der Waals surface area contributed by atoms with Gasteiger partial charge in [0.1, 0.15) is 27.4 Å². The fourth-order valence-electron chi connectivity index (χ4n) is 3.46. The first kappa shape index (κ1) is 19.8. The van der Waals surface area contributed by atoms with Gasteiger partial charge in [-0.05, 0) is 55.0 Å². The highest BCUT2D eigenvalue weighted by molar-refractivity contribution is 7.12. The van der Waals surface area contributed by atoms with E-state index in [4.69, 9.17) is 23.2 Å². The molecule has 0 bridgehead atoms. The van der Waals surface area contributed by atoms with Crippen LogP contribution in [0.25, 0.3) is 38.4 Å². The summed E-state index contributed by atoms with van der Waals surface area (Å²) >= 11 is 14.2. The van der Waals surface area contributed by atoms with Crippen LogP contribution in [-0.4, -0.2) is 25.0 Å². The minimum atomic E-state index is -0.397. The summed E-state index contributed by atoms with van der Waals surface area (Å²) in [6, 6.07) is 14.7. The van der Waals surface area contributed by atoms with E-state index in [1.54, 1.807) is 36.0 Å². The molecule has 3 heterocycles. The summed E-state index contributed by atoms with van der Waals surface area (Å²) in [5.74, 6) is 0. The number of pyridine rings is 1. The van der Waals surface area contributed by atoms with Gasteiger partial charge >= 0.3 is 0 Å². The van der Waals surface area contributed by atoms with Crippen LogP contribution in [-0.2, 0) is 0 Å². The van der Waals surface area contributed by atoms with Gasteiger partial charge in [-0.15, -0.1) is 10.2 Å². The standard InChI is InChI=1S/C22H13Cl2N5OS/c1-12-8-13(10-14(9-12)21-27-26-11-31-21)18-15-4-3-7-25-19(15)22(30)29(28-18)20-16(23)5-2-6-17(20)24/h2-11H,1H3. The van der Waals surface area contributed by atoms with E-state index in [0.717, 1.165) is 21.7 Å². The van der Waals surface area contributed by atoms with Gasteiger partial charge in [-0.2, -0.15) is 9.78 Å². The van der Waals surface area contributed by atoms with Gasteiger partial charge in [0.15, 0.2) is 0 Å². The quantitative estimate of drug-likeness (QED) is 0.347. The third-order valence-electron chi connectivity index (χ3n) is 4.76. The number of para-hydroxylation sites is 1. The molecule has 0 saturated carbocycles. The lowest BCUT2D eigenvalue weighted by Gasteiger charge is -2.14. The van der Waals surface area contributed by atoms with Crippen molar-refractivity contribution in [2.45, 2.75) is 6.92 Å². The molecular weight excluding hydrogens is 453 g/mol. The fraction of sp³-hybridized carbons (Fsp3) is 0.0455. The largest absolute Gasteiger partial charge is 0.298 e. The Morgan fingerprint density at radius 3 is 2.52 bits per heavy atom. The van der Waals surface area contributed by atoms with E-state index in [0.29, 0.717) is 26.8 Å². The number of halogens is 2. The van der Waals surface area contributed by atoms with Crippen LogP contribution >= 0.6 is 34.5 Å². The van der Waals surface area contributed by atoms with Crippen molar-refractivity contribution >= 4 is 45.4 Å². The van der Waals surface area contributed by atoms with Crippen LogP contribution in [0.15, 0.2) is 65.0 Å². The van der Waals surface area contributed by atoms with E-state index >= 15 is 0 Å². The molecule has 9 heteroatoms. The Balaban J connectivity index is 1.85. The maximum absolute atomic E-state index is 13.2. The van der Waals surface area contributed by atoms with Gasteiger partial charge in [-0.1, -0.05) is 40.6 Å². The van der Waals surface area contributed by atoms with E-state index in [9.17, 15) is 4.79 Å². The van der Waals surface area contributed by atoms with Gasteiger partial charge in [0.2, 0.25) is 0 Å². The maximum Gasteiger partial charge on any atom is 0.298 e. The summed E-state index contributed by atoms with van der Waals surface area (Å²) in [6.45, 7) is 2.00. The van der Waals surface area contributed by atoms with E-state index in [1.807, 2.05) is 31.2 Å². The molecule has 2 aromatic carbocycles. The number of hydrogen-bond acceptors (Lipinski definition) is 6. The number of aromatic nitrogens is 5. The maximum atomic E-state index is 13.2. The Morgan fingerprint density at radius 1 is 1.00 bits per heavy atom. The van der Waals surface area contributed by atoms with Gasteiger partial charge in [0, 0.05) is 22.7 Å². The van der Waals surface area contributed by atoms with Crippen molar-refractivity contribution in [3.8, 4) is 27.5 Å². The molecule has 0 saturated heterocycles. The predicted molar refractivity (Wildman–Crippen MR) is 124 cm³/mol. The van der Waals surface area contributed by atoms with Crippen molar-refractivity contribution in [3.05, 3.63) is 86.2 Å². The second-order valence-corrected chi connectivity index (χ2v) is 8.51. The Labute approximate surface area is 190 Å². The molecule has 152 valence electrons. The first-order valence-corrected chi connectivity index (χ1v) is 10.9. The second kappa shape index (κ2) is 7.85. The van der Waals surface area contributed by atoms with Crippen molar-refractivity contribution in [3.63, 3.8) is 0 Å². The highest BCUT2D eigenvalue weighted by Crippen LogP contribution is 2.32. The average Bonchev–Trinajstić information content (AvgIpc) is 3.30. The molecule has 0 radical (unpaired) electrons. The van der Waals surface area contributed by atoms with Crippen molar-refractivity contribution in [2.75, 3.05) is 0 Å². The lowest BCUT2D eigenvalue weighted by Crippen LogP contribution is -2.23. The van der Waals surface area contributed by atoms with Crippen LogP contribution in [0.1, 0.15) is 5.56 Å². The lowest BCUT2D eigenvalue weighted by molar-refractivity contribution is 0.823. The van der Waals surface area contributed by atoms with Gasteiger partial charge < -0.3 is 0 Å². The third kappa shape index (κ3) is 3.50. The molecular formula is C22H13Cl2N5OS. The van der Waals surface area contributed by atoms with Crippen molar-refractivity contribution < 1.29 is 0 Å². The van der Waals surface area contributed by atoms with Crippen LogP contribution in [0.5, 0.6) is 0 Å². The summed E-state index contributed by atoms with van der Waals surface area (Å²) in [7, 11) is 0. The Kier molecular flexibility index (Phi) is 5.02. The molecule has 0 unspecified atom stereocenters. The molecule has 0 aliphatic carbocycles.